The Kier molecular flexibility index (Phi) is 7.50. The van der Waals surface area contributed by atoms with E-state index in [0.717, 1.165) is 21.4 Å². The molecule has 0 saturated carbocycles. The highest BCUT2D eigenvalue weighted by atomic mass is 79.9. The number of hydrogen-bond donors (Lipinski definition) is 1. The highest BCUT2D eigenvalue weighted by Gasteiger charge is 2.12. The molecule has 0 fully saturated rings. The molecule has 102 valence electrons. The molecule has 3 heteroatoms. The van der Waals surface area contributed by atoms with Crippen LogP contribution in [0.4, 0.5) is 0 Å². The van der Waals surface area contributed by atoms with Crippen LogP contribution in [0.3, 0.4) is 0 Å². The summed E-state index contributed by atoms with van der Waals surface area (Å²) in [4.78, 5) is 0. The molecular weight excluding hydrogens is 354 g/mol. The summed E-state index contributed by atoms with van der Waals surface area (Å²) in [5.41, 5.74) is 1.37. The quantitative estimate of drug-likeness (QED) is 0.644. The summed E-state index contributed by atoms with van der Waals surface area (Å²) >= 11 is 7.14. The highest BCUT2D eigenvalue weighted by molar-refractivity contribution is 9.11. The molecule has 0 aliphatic heterocycles. The van der Waals surface area contributed by atoms with Crippen LogP contribution in [0, 0.1) is 5.92 Å². The fraction of sp³-hybridized carbons (Fsp3) is 0.600. The standard InChI is InChI=1S/C15H23Br2N/c1-4-7-18-15(6-5-11(2)3)12-8-13(16)10-14(17)9-12/h8-11,15,18H,4-7H2,1-3H3. The molecule has 1 aromatic carbocycles. The van der Waals surface area contributed by atoms with Gasteiger partial charge in [0.15, 0.2) is 0 Å². The van der Waals surface area contributed by atoms with E-state index in [1.807, 2.05) is 0 Å². The van der Waals surface area contributed by atoms with Gasteiger partial charge in [0, 0.05) is 15.0 Å². The van der Waals surface area contributed by atoms with Crippen LogP contribution in [0.2, 0.25) is 0 Å². The minimum Gasteiger partial charge on any atom is -0.310 e. The third-order valence-electron chi connectivity index (χ3n) is 2.96. The van der Waals surface area contributed by atoms with Crippen LogP contribution >= 0.6 is 31.9 Å². The first kappa shape index (κ1) is 16.2. The molecule has 1 rings (SSSR count). The third kappa shape index (κ3) is 5.85. The second kappa shape index (κ2) is 8.34. The largest absolute Gasteiger partial charge is 0.310 e. The van der Waals surface area contributed by atoms with Gasteiger partial charge >= 0.3 is 0 Å². The summed E-state index contributed by atoms with van der Waals surface area (Å²) in [7, 11) is 0. The van der Waals surface area contributed by atoms with Crippen LogP contribution in [0.25, 0.3) is 0 Å². The van der Waals surface area contributed by atoms with Gasteiger partial charge in [-0.15, -0.1) is 0 Å². The fourth-order valence-corrected chi connectivity index (χ4v) is 3.31. The second-order valence-electron chi connectivity index (χ2n) is 5.18. The molecule has 0 radical (unpaired) electrons. The summed E-state index contributed by atoms with van der Waals surface area (Å²) in [6, 6.07) is 6.99. The highest BCUT2D eigenvalue weighted by Crippen LogP contribution is 2.27. The number of benzene rings is 1. The Morgan fingerprint density at radius 1 is 1.06 bits per heavy atom. The second-order valence-corrected chi connectivity index (χ2v) is 7.01. The first-order valence-electron chi connectivity index (χ1n) is 6.72. The average molecular weight is 377 g/mol. The predicted octanol–water partition coefficient (Wildman–Crippen LogP) is 5.69. The molecule has 0 heterocycles. The van der Waals surface area contributed by atoms with Gasteiger partial charge in [-0.25, -0.2) is 0 Å². The van der Waals surface area contributed by atoms with Gasteiger partial charge in [0.25, 0.3) is 0 Å². The lowest BCUT2D eigenvalue weighted by molar-refractivity contribution is 0.440. The first-order chi connectivity index (χ1) is 8.52. The maximum absolute atomic E-state index is 3.65. The van der Waals surface area contributed by atoms with Crippen molar-refractivity contribution in [2.75, 3.05) is 6.54 Å². The van der Waals surface area contributed by atoms with Gasteiger partial charge in [-0.3, -0.25) is 0 Å². The zero-order chi connectivity index (χ0) is 13.5. The van der Waals surface area contributed by atoms with Gasteiger partial charge < -0.3 is 5.32 Å². The summed E-state index contributed by atoms with van der Waals surface area (Å²) < 4.78 is 2.28. The van der Waals surface area contributed by atoms with Crippen molar-refractivity contribution in [3.05, 3.63) is 32.7 Å². The minimum absolute atomic E-state index is 0.459. The Hall–Kier alpha value is 0.140. The molecule has 0 bridgehead atoms. The molecule has 0 aliphatic rings. The normalized spacial score (nSPS) is 13.0. The number of nitrogens with one attached hydrogen (secondary N) is 1. The van der Waals surface area contributed by atoms with E-state index in [9.17, 15) is 0 Å². The van der Waals surface area contributed by atoms with Crippen molar-refractivity contribution in [1.82, 2.24) is 5.32 Å². The summed E-state index contributed by atoms with van der Waals surface area (Å²) in [6.45, 7) is 7.86. The smallest absolute Gasteiger partial charge is 0.0321 e. The Bertz CT molecular complexity index is 343. The van der Waals surface area contributed by atoms with Gasteiger partial charge in [-0.1, -0.05) is 52.6 Å². The fourth-order valence-electron chi connectivity index (χ4n) is 1.98. The zero-order valence-electron chi connectivity index (χ0n) is 11.5. The van der Waals surface area contributed by atoms with E-state index in [4.69, 9.17) is 0 Å². The minimum atomic E-state index is 0.459. The van der Waals surface area contributed by atoms with Gasteiger partial charge in [0.05, 0.1) is 0 Å². The molecule has 0 amide bonds. The molecule has 1 atom stereocenters. The van der Waals surface area contributed by atoms with Gasteiger partial charge in [-0.2, -0.15) is 0 Å². The van der Waals surface area contributed by atoms with E-state index in [2.05, 4.69) is 76.1 Å². The number of halogens is 2. The van der Waals surface area contributed by atoms with E-state index < -0.39 is 0 Å². The van der Waals surface area contributed by atoms with Crippen molar-refractivity contribution in [2.24, 2.45) is 5.92 Å². The van der Waals surface area contributed by atoms with Gasteiger partial charge in [0.2, 0.25) is 0 Å². The Balaban J connectivity index is 2.79. The zero-order valence-corrected chi connectivity index (χ0v) is 14.6. The van der Waals surface area contributed by atoms with Crippen molar-refractivity contribution in [3.63, 3.8) is 0 Å². The van der Waals surface area contributed by atoms with Crippen molar-refractivity contribution in [3.8, 4) is 0 Å². The van der Waals surface area contributed by atoms with Crippen LogP contribution in [0.1, 0.15) is 51.6 Å². The maximum atomic E-state index is 3.65. The predicted molar refractivity (Wildman–Crippen MR) is 86.9 cm³/mol. The molecule has 0 spiro atoms. The SMILES string of the molecule is CCCNC(CCC(C)C)c1cc(Br)cc(Br)c1. The number of hydrogen-bond acceptors (Lipinski definition) is 1. The van der Waals surface area contributed by atoms with E-state index in [0.29, 0.717) is 6.04 Å². The molecule has 18 heavy (non-hydrogen) atoms. The van der Waals surface area contributed by atoms with Crippen molar-refractivity contribution >= 4 is 31.9 Å². The monoisotopic (exact) mass is 375 g/mol. The van der Waals surface area contributed by atoms with Crippen LogP contribution < -0.4 is 5.32 Å². The first-order valence-corrected chi connectivity index (χ1v) is 8.31. The molecule has 1 N–H and O–H groups in total. The Morgan fingerprint density at radius 3 is 2.17 bits per heavy atom. The molecule has 1 aromatic rings. The molecule has 1 unspecified atom stereocenters. The van der Waals surface area contributed by atoms with E-state index in [1.165, 1.54) is 24.8 Å². The van der Waals surface area contributed by atoms with E-state index in [-0.39, 0.29) is 0 Å². The van der Waals surface area contributed by atoms with Crippen LogP contribution in [-0.4, -0.2) is 6.54 Å². The maximum Gasteiger partial charge on any atom is 0.0321 e. The van der Waals surface area contributed by atoms with Crippen molar-refractivity contribution < 1.29 is 0 Å². The van der Waals surface area contributed by atoms with Crippen molar-refractivity contribution in [1.29, 1.82) is 0 Å². The summed E-state index contributed by atoms with van der Waals surface area (Å²) in [6.07, 6.45) is 3.62. The van der Waals surface area contributed by atoms with Gasteiger partial charge in [-0.05, 0) is 55.5 Å². The topological polar surface area (TPSA) is 12.0 Å². The molecule has 0 saturated heterocycles. The molecular formula is C15H23Br2N. The third-order valence-corrected chi connectivity index (χ3v) is 3.88. The Labute approximate surface area is 128 Å². The summed E-state index contributed by atoms with van der Waals surface area (Å²) in [5, 5.41) is 3.65. The lowest BCUT2D eigenvalue weighted by Crippen LogP contribution is -2.22. The van der Waals surface area contributed by atoms with Crippen LogP contribution in [0.5, 0.6) is 0 Å². The summed E-state index contributed by atoms with van der Waals surface area (Å²) in [5.74, 6) is 0.756. The Morgan fingerprint density at radius 2 is 1.67 bits per heavy atom. The van der Waals surface area contributed by atoms with Crippen LogP contribution in [-0.2, 0) is 0 Å². The van der Waals surface area contributed by atoms with E-state index in [1.54, 1.807) is 0 Å². The average Bonchev–Trinajstić information content (AvgIpc) is 2.27. The lowest BCUT2D eigenvalue weighted by atomic mass is 9.97. The van der Waals surface area contributed by atoms with Crippen molar-refractivity contribution in [2.45, 2.75) is 46.1 Å². The molecule has 1 nitrogen and oxygen atoms in total. The number of rotatable bonds is 7. The molecule has 0 aromatic heterocycles. The van der Waals surface area contributed by atoms with E-state index >= 15 is 0 Å². The lowest BCUT2D eigenvalue weighted by Gasteiger charge is -2.20. The van der Waals surface area contributed by atoms with Gasteiger partial charge in [0.1, 0.15) is 0 Å². The molecule has 0 aliphatic carbocycles. The van der Waals surface area contributed by atoms with Crippen LogP contribution in [0.15, 0.2) is 27.1 Å².